The number of fused-ring (bicyclic) bond motifs is 1. The standard InChI is InChI=1S/C19H19IN2O5/c1-25-15-8-13(9-16(10-15)26-2)21-18(23)11-27-14-4-5-17-12(7-14)3-6-19(24)22(17)20/h4-5,7-10H,3,6,11H2,1-2H3,(H,21,23). The van der Waals surface area contributed by atoms with Gasteiger partial charge in [0, 0.05) is 30.3 Å². The van der Waals surface area contributed by atoms with Gasteiger partial charge in [0.05, 0.1) is 42.8 Å². The zero-order valence-electron chi connectivity index (χ0n) is 15.0. The number of halogens is 1. The first-order valence-corrected chi connectivity index (χ1v) is 9.24. The molecule has 1 N–H and O–H groups in total. The number of amides is 2. The van der Waals surface area contributed by atoms with Crippen molar-refractivity contribution in [3.8, 4) is 17.2 Å². The molecule has 1 heterocycles. The highest BCUT2D eigenvalue weighted by Gasteiger charge is 2.22. The summed E-state index contributed by atoms with van der Waals surface area (Å²) >= 11 is 2.00. The Labute approximate surface area is 171 Å². The molecule has 3 rings (SSSR count). The minimum absolute atomic E-state index is 0.0878. The Morgan fingerprint density at radius 1 is 1.07 bits per heavy atom. The number of hydrogen-bond acceptors (Lipinski definition) is 5. The number of hydrogen-bond donors (Lipinski definition) is 1. The number of aryl methyl sites for hydroxylation is 1. The van der Waals surface area contributed by atoms with Gasteiger partial charge in [-0.15, -0.1) is 0 Å². The van der Waals surface area contributed by atoms with Crippen LogP contribution in [0.2, 0.25) is 0 Å². The van der Waals surface area contributed by atoms with Gasteiger partial charge in [0.25, 0.3) is 5.91 Å². The summed E-state index contributed by atoms with van der Waals surface area (Å²) in [5.41, 5.74) is 2.45. The molecule has 0 saturated heterocycles. The third kappa shape index (κ3) is 4.62. The third-order valence-electron chi connectivity index (χ3n) is 4.09. The molecule has 27 heavy (non-hydrogen) atoms. The minimum Gasteiger partial charge on any atom is -0.497 e. The summed E-state index contributed by atoms with van der Waals surface area (Å²) in [5.74, 6) is 1.54. The Bertz CT molecular complexity index is 849. The molecule has 8 heteroatoms. The maximum absolute atomic E-state index is 12.2. The highest BCUT2D eigenvalue weighted by molar-refractivity contribution is 14.1. The molecule has 0 bridgehead atoms. The van der Waals surface area contributed by atoms with Crippen molar-refractivity contribution in [2.75, 3.05) is 29.3 Å². The summed E-state index contributed by atoms with van der Waals surface area (Å²) < 4.78 is 17.6. The first-order valence-electron chi connectivity index (χ1n) is 8.27. The average Bonchev–Trinajstić information content (AvgIpc) is 2.68. The number of benzene rings is 2. The van der Waals surface area contributed by atoms with Gasteiger partial charge in [-0.05, 0) is 30.2 Å². The van der Waals surface area contributed by atoms with Crippen molar-refractivity contribution < 1.29 is 23.8 Å². The molecule has 0 saturated carbocycles. The Kier molecular flexibility index (Phi) is 6.04. The van der Waals surface area contributed by atoms with E-state index in [9.17, 15) is 9.59 Å². The highest BCUT2D eigenvalue weighted by Crippen LogP contribution is 2.33. The lowest BCUT2D eigenvalue weighted by atomic mass is 10.0. The normalized spacial score (nSPS) is 13.0. The number of nitrogens with zero attached hydrogens (tertiary/aromatic N) is 1. The first-order chi connectivity index (χ1) is 13.0. The number of carbonyl (C=O) groups is 2. The van der Waals surface area contributed by atoms with Gasteiger partial charge in [-0.3, -0.25) is 12.7 Å². The van der Waals surface area contributed by atoms with E-state index in [0.717, 1.165) is 11.3 Å². The van der Waals surface area contributed by atoms with E-state index in [2.05, 4.69) is 5.32 Å². The van der Waals surface area contributed by atoms with E-state index in [1.807, 2.05) is 35.0 Å². The van der Waals surface area contributed by atoms with Crippen LogP contribution in [0.1, 0.15) is 12.0 Å². The number of carbonyl (C=O) groups excluding carboxylic acids is 2. The van der Waals surface area contributed by atoms with E-state index < -0.39 is 0 Å². The van der Waals surface area contributed by atoms with Crippen molar-refractivity contribution in [1.29, 1.82) is 0 Å². The van der Waals surface area contributed by atoms with Gasteiger partial charge in [0.2, 0.25) is 5.91 Å². The van der Waals surface area contributed by atoms with E-state index >= 15 is 0 Å². The van der Waals surface area contributed by atoms with Crippen molar-refractivity contribution >= 4 is 46.1 Å². The lowest BCUT2D eigenvalue weighted by molar-refractivity contribution is -0.118. The summed E-state index contributed by atoms with van der Waals surface area (Å²) in [6.45, 7) is -0.134. The molecular weight excluding hydrogens is 463 g/mol. The van der Waals surface area contributed by atoms with Crippen LogP contribution < -0.4 is 22.6 Å². The maximum Gasteiger partial charge on any atom is 0.262 e. The largest absolute Gasteiger partial charge is 0.497 e. The number of nitrogens with one attached hydrogen (secondary N) is 1. The van der Waals surface area contributed by atoms with Crippen molar-refractivity contribution in [1.82, 2.24) is 0 Å². The summed E-state index contributed by atoms with van der Waals surface area (Å²) in [4.78, 5) is 23.9. The van der Waals surface area contributed by atoms with E-state index in [0.29, 0.717) is 35.8 Å². The zero-order chi connectivity index (χ0) is 19.4. The molecule has 0 aliphatic carbocycles. The molecule has 2 aromatic carbocycles. The average molecular weight is 482 g/mol. The Morgan fingerprint density at radius 2 is 1.78 bits per heavy atom. The van der Waals surface area contributed by atoms with Crippen LogP contribution >= 0.6 is 22.9 Å². The molecule has 0 spiro atoms. The van der Waals surface area contributed by atoms with Crippen LogP contribution in [0.3, 0.4) is 0 Å². The molecule has 1 aliphatic heterocycles. The van der Waals surface area contributed by atoms with Crippen LogP contribution in [0.25, 0.3) is 0 Å². The van der Waals surface area contributed by atoms with E-state index in [-0.39, 0.29) is 18.4 Å². The van der Waals surface area contributed by atoms with Crippen LogP contribution in [0.5, 0.6) is 17.2 Å². The molecule has 1 aliphatic rings. The quantitative estimate of drug-likeness (QED) is 0.505. The van der Waals surface area contributed by atoms with Crippen LogP contribution in [0.15, 0.2) is 36.4 Å². The molecule has 0 fully saturated rings. The summed E-state index contributed by atoms with van der Waals surface area (Å²) in [7, 11) is 3.09. The second-order valence-electron chi connectivity index (χ2n) is 5.90. The van der Waals surface area contributed by atoms with E-state index in [1.165, 1.54) is 0 Å². The SMILES string of the molecule is COc1cc(NC(=O)COc2ccc3c(c2)CCC(=O)N3I)cc(OC)c1. The first kappa shape index (κ1) is 19.3. The molecule has 7 nitrogen and oxygen atoms in total. The molecule has 0 unspecified atom stereocenters. The summed E-state index contributed by atoms with van der Waals surface area (Å²) in [6.07, 6.45) is 1.14. The van der Waals surface area contributed by atoms with Gasteiger partial charge < -0.3 is 19.5 Å². The molecule has 0 atom stereocenters. The second kappa shape index (κ2) is 8.47. The predicted molar refractivity (Wildman–Crippen MR) is 110 cm³/mol. The number of methoxy groups -OCH3 is 2. The number of anilines is 2. The van der Waals surface area contributed by atoms with Gasteiger partial charge in [-0.25, -0.2) is 0 Å². The third-order valence-corrected chi connectivity index (χ3v) is 5.15. The van der Waals surface area contributed by atoms with Crippen LogP contribution in [-0.4, -0.2) is 32.6 Å². The molecule has 0 aromatic heterocycles. The van der Waals surface area contributed by atoms with Gasteiger partial charge in [0.15, 0.2) is 6.61 Å². The molecule has 2 amide bonds. The Balaban J connectivity index is 1.62. The van der Waals surface area contributed by atoms with Crippen molar-refractivity contribution in [2.24, 2.45) is 0 Å². The molecule has 2 aromatic rings. The number of ether oxygens (including phenoxy) is 3. The fourth-order valence-electron chi connectivity index (χ4n) is 2.74. The molecule has 0 radical (unpaired) electrons. The monoisotopic (exact) mass is 482 g/mol. The van der Waals surface area contributed by atoms with Crippen molar-refractivity contribution in [2.45, 2.75) is 12.8 Å². The maximum atomic E-state index is 12.2. The van der Waals surface area contributed by atoms with Crippen LogP contribution in [0, 0.1) is 0 Å². The lowest BCUT2D eigenvalue weighted by Gasteiger charge is -2.24. The van der Waals surface area contributed by atoms with E-state index in [1.54, 1.807) is 41.6 Å². The topological polar surface area (TPSA) is 77.1 Å². The zero-order valence-corrected chi connectivity index (χ0v) is 17.1. The fourth-order valence-corrected chi connectivity index (χ4v) is 3.45. The minimum atomic E-state index is -0.297. The summed E-state index contributed by atoms with van der Waals surface area (Å²) in [5, 5.41) is 2.76. The van der Waals surface area contributed by atoms with Gasteiger partial charge in [0.1, 0.15) is 17.2 Å². The Hall–Kier alpha value is -2.49. The van der Waals surface area contributed by atoms with E-state index in [4.69, 9.17) is 14.2 Å². The van der Waals surface area contributed by atoms with Crippen LogP contribution in [-0.2, 0) is 16.0 Å². The van der Waals surface area contributed by atoms with Crippen molar-refractivity contribution in [3.05, 3.63) is 42.0 Å². The fraction of sp³-hybridized carbons (Fsp3) is 0.263. The van der Waals surface area contributed by atoms with Crippen LogP contribution in [0.4, 0.5) is 11.4 Å². The smallest absolute Gasteiger partial charge is 0.262 e. The second-order valence-corrected chi connectivity index (χ2v) is 6.87. The van der Waals surface area contributed by atoms with Gasteiger partial charge >= 0.3 is 0 Å². The van der Waals surface area contributed by atoms with Gasteiger partial charge in [-0.1, -0.05) is 0 Å². The lowest BCUT2D eigenvalue weighted by Crippen LogP contribution is -2.25. The van der Waals surface area contributed by atoms with Gasteiger partial charge in [-0.2, -0.15) is 0 Å². The van der Waals surface area contributed by atoms with Crippen molar-refractivity contribution in [3.63, 3.8) is 0 Å². The summed E-state index contributed by atoms with van der Waals surface area (Å²) in [6, 6.07) is 10.6. The highest BCUT2D eigenvalue weighted by atomic mass is 127. The predicted octanol–water partition coefficient (Wildman–Crippen LogP) is 3.35. The molecular formula is C19H19IN2O5. The molecule has 142 valence electrons. The number of rotatable bonds is 6. The Morgan fingerprint density at radius 3 is 2.44 bits per heavy atom.